The van der Waals surface area contributed by atoms with Crippen LogP contribution in [0.25, 0.3) is 0 Å². The largest absolute Gasteiger partial charge is 0.481 e. The number of ketones is 2. The molecule has 8 atom stereocenters. The van der Waals surface area contributed by atoms with Gasteiger partial charge in [0.25, 0.3) is 0 Å². The van der Waals surface area contributed by atoms with Gasteiger partial charge in [-0.3, -0.25) is 38.4 Å². The Balaban J connectivity index is 0. The Morgan fingerprint density at radius 2 is 0.613 bits per heavy atom. The third-order valence-corrected chi connectivity index (χ3v) is 16.2. The Hall–Kier alpha value is -8.34. The van der Waals surface area contributed by atoms with Crippen molar-refractivity contribution in [1.82, 2.24) is 21.3 Å². The molecule has 14 N–H and O–H groups in total. The lowest BCUT2D eigenvalue weighted by Crippen LogP contribution is -2.41. The van der Waals surface area contributed by atoms with E-state index in [1.807, 2.05) is 121 Å². The minimum atomic E-state index is -1.08. The summed E-state index contributed by atoms with van der Waals surface area (Å²) in [6.07, 6.45) is 1.80. The lowest BCUT2D eigenvalue weighted by molar-refractivity contribution is -0.155. The molecule has 4 rings (SSSR count). The van der Waals surface area contributed by atoms with Crippen LogP contribution in [0.1, 0.15) is 170 Å². The number of hydrogen-bond donors (Lipinski definition) is 10. The number of rotatable bonds is 44. The van der Waals surface area contributed by atoms with Crippen molar-refractivity contribution in [1.29, 1.82) is 0 Å². The first-order chi connectivity index (χ1) is 48.6. The first-order valence-electron chi connectivity index (χ1n) is 35.4. The molecule has 4 aromatic rings. The van der Waals surface area contributed by atoms with E-state index in [1.54, 1.807) is 0 Å². The molecule has 0 saturated carbocycles. The Morgan fingerprint density at radius 3 is 0.896 bits per heavy atom. The molecule has 26 heteroatoms. The molecule has 4 aromatic carbocycles. The summed E-state index contributed by atoms with van der Waals surface area (Å²) < 4.78 is 20.9. The average molecular weight is 1490 g/mol. The molecule has 0 heterocycles. The topological polar surface area (TPSA) is 440 Å². The van der Waals surface area contributed by atoms with Gasteiger partial charge in [0, 0.05) is 37.8 Å². The van der Waals surface area contributed by atoms with E-state index in [4.69, 9.17) is 39.4 Å². The second-order valence-electron chi connectivity index (χ2n) is 30.8. The maximum atomic E-state index is 12.7. The van der Waals surface area contributed by atoms with E-state index in [-0.39, 0.29) is 115 Å². The lowest BCUT2D eigenvalue weighted by Gasteiger charge is -2.23. The fourth-order valence-electron chi connectivity index (χ4n) is 10.2. The first-order valence-corrected chi connectivity index (χ1v) is 35.4. The Morgan fingerprint density at radius 1 is 0.340 bits per heavy atom. The van der Waals surface area contributed by atoms with Crippen LogP contribution in [0.5, 0.6) is 0 Å². The van der Waals surface area contributed by atoms with Crippen LogP contribution in [0.3, 0.4) is 0 Å². The van der Waals surface area contributed by atoms with Crippen molar-refractivity contribution < 1.29 is 108 Å². The smallest absolute Gasteiger partial charge is 0.335 e. The Labute approximate surface area is 626 Å². The summed E-state index contributed by atoms with van der Waals surface area (Å²) in [5.41, 5.74) is 4.01. The van der Waals surface area contributed by atoms with Crippen molar-refractivity contribution in [3.63, 3.8) is 0 Å². The normalized spacial score (nSPS) is 13.6. The van der Waals surface area contributed by atoms with Crippen molar-refractivity contribution in [3.8, 4) is 0 Å². The van der Waals surface area contributed by atoms with Crippen LogP contribution in [0, 0.1) is 33.5 Å². The number of esters is 2. The minimum Gasteiger partial charge on any atom is -0.481 e. The molecular formula is C80H124N4O22. The van der Waals surface area contributed by atoms with Crippen LogP contribution < -0.4 is 21.3 Å². The number of benzene rings is 4. The molecule has 106 heavy (non-hydrogen) atoms. The molecule has 596 valence electrons. The average Bonchev–Trinajstić information content (AvgIpc) is 0.873. The molecule has 8 unspecified atom stereocenters. The minimum absolute atomic E-state index is 0. The van der Waals surface area contributed by atoms with Crippen molar-refractivity contribution in [3.05, 3.63) is 144 Å². The number of carbonyl (C=O) groups is 10. The molecule has 0 aliphatic rings. The number of Topliss-reactive ketones (excluding diaryl/α,β-unsaturated/α-hetero) is 2. The summed E-state index contributed by atoms with van der Waals surface area (Å²) in [4.78, 5) is 117. The van der Waals surface area contributed by atoms with Crippen molar-refractivity contribution in [2.45, 2.75) is 209 Å². The zero-order valence-corrected chi connectivity index (χ0v) is 64.7. The van der Waals surface area contributed by atoms with E-state index in [2.05, 4.69) is 104 Å². The number of nitrogens with one attached hydrogen (secondary N) is 4. The number of carbonyl (C=O) groups excluding carboxylic acids is 4. The highest BCUT2D eigenvalue weighted by Gasteiger charge is 2.32. The van der Waals surface area contributed by atoms with Gasteiger partial charge < -0.3 is 81.8 Å². The fraction of sp³-hybridized carbons (Fsp3) is 0.575. The van der Waals surface area contributed by atoms with E-state index >= 15 is 0 Å². The maximum Gasteiger partial charge on any atom is 0.335 e. The second kappa shape index (κ2) is 52.6. The van der Waals surface area contributed by atoms with Crippen molar-refractivity contribution >= 4 is 59.3 Å². The monoisotopic (exact) mass is 1490 g/mol. The third kappa shape index (κ3) is 51.0. The van der Waals surface area contributed by atoms with Gasteiger partial charge in [0.05, 0.1) is 77.0 Å². The zero-order valence-electron chi connectivity index (χ0n) is 64.7. The lowest BCUT2D eigenvalue weighted by atomic mass is 9.90. The summed E-state index contributed by atoms with van der Waals surface area (Å²) in [6, 6.07) is 34.8. The van der Waals surface area contributed by atoms with Gasteiger partial charge in [0.1, 0.15) is 0 Å². The molecule has 0 aliphatic heterocycles. The van der Waals surface area contributed by atoms with Gasteiger partial charge >= 0.3 is 47.8 Å². The first kappa shape index (κ1) is 99.7. The highest BCUT2D eigenvalue weighted by Crippen LogP contribution is 2.23. The van der Waals surface area contributed by atoms with Gasteiger partial charge in [-0.1, -0.05) is 204 Å². The summed E-state index contributed by atoms with van der Waals surface area (Å²) in [5.74, 6) is -9.15. The summed E-state index contributed by atoms with van der Waals surface area (Å²) >= 11 is 0. The molecule has 0 aromatic heterocycles. The van der Waals surface area contributed by atoms with Gasteiger partial charge in [0.2, 0.25) is 0 Å². The van der Waals surface area contributed by atoms with Gasteiger partial charge in [-0.25, -0.2) is 9.59 Å². The Bertz CT molecular complexity index is 3170. The highest BCUT2D eigenvalue weighted by molar-refractivity contribution is 5.91. The molecule has 0 saturated heterocycles. The predicted molar refractivity (Wildman–Crippen MR) is 405 cm³/mol. The third-order valence-electron chi connectivity index (χ3n) is 16.2. The molecule has 0 aliphatic carbocycles. The van der Waals surface area contributed by atoms with Crippen LogP contribution in [0.4, 0.5) is 0 Å². The van der Waals surface area contributed by atoms with E-state index in [9.17, 15) is 58.2 Å². The van der Waals surface area contributed by atoms with Crippen LogP contribution in [-0.2, 0) is 92.6 Å². The molecular weight excluding hydrogens is 1370 g/mol. The summed E-state index contributed by atoms with van der Waals surface area (Å²) in [6.45, 7) is 27.7. The number of aliphatic carboxylic acids is 6. The van der Waals surface area contributed by atoms with Crippen LogP contribution >= 0.6 is 0 Å². The SMILES string of the molecule is CC(C)(C)CCNC(CC(=O)O)C(=O)CC(Cc1ccccc1)C(=O)O.CC(C)(C)CCNC(COC(Cc1ccccc1)C(=O)O)CC(=O)O.COC(=O)C(CC(=O)C(CC(=O)O)NCCC(C)(C)C)Cc1ccccc1.COC(=O)C(Cc1ccccc1)OCC(CC(=O)O)NCCC(C)(C)C.O.O. The van der Waals surface area contributed by atoms with Crippen molar-refractivity contribution in [2.24, 2.45) is 33.5 Å². The number of carboxylic acids is 6. The molecule has 0 fully saturated rings. The number of methoxy groups -OCH3 is 2. The molecule has 0 bridgehead atoms. The number of ether oxygens (including phenoxy) is 4. The van der Waals surface area contributed by atoms with Gasteiger partial charge in [-0.05, 0) is 109 Å². The standard InChI is InChI=1S/C21H31NO5.C20H31NO5.C20H29NO5.C19H29NO5.2H2O/c1-21(2,3)10-11-22-17(14-19(24)25)18(23)13-16(20(26)27-4)12-15-8-6-5-7-9-15;1-20(2,3)10-11-21-16(13-18(22)23)14-26-17(19(24)25-4)12-15-8-6-5-7-9-15;1-20(2,3)9-10-21-16(13-18(23)24)17(22)12-15(19(25)26)11-14-7-5-4-6-8-14;1-19(2,3)9-10-20-15(12-17(21)22)13-25-16(18(23)24)11-14-7-5-4-6-8-14;;/h5-9,16-17,22H,10-14H2,1-4H3,(H,24,25);5-9,16-17,21H,10-14H2,1-4H3,(H,22,23);4-8,15-16,21H,9-13H2,1-3H3,(H,23,24)(H,25,26);4-8,15-16,20H,9-13H2,1-3H3,(H,21,22)(H,23,24);2*1H2. The molecule has 0 spiro atoms. The predicted octanol–water partition coefficient (Wildman–Crippen LogP) is 9.18. The van der Waals surface area contributed by atoms with Crippen LogP contribution in [0.2, 0.25) is 0 Å². The van der Waals surface area contributed by atoms with E-state index < -0.39 is 89.9 Å². The van der Waals surface area contributed by atoms with Gasteiger partial charge in [-0.15, -0.1) is 0 Å². The highest BCUT2D eigenvalue weighted by atomic mass is 16.6. The summed E-state index contributed by atoms with van der Waals surface area (Å²) in [7, 11) is 2.61. The van der Waals surface area contributed by atoms with E-state index in [0.717, 1.165) is 47.9 Å². The van der Waals surface area contributed by atoms with Gasteiger partial charge in [0.15, 0.2) is 23.8 Å². The maximum absolute atomic E-state index is 12.7. The van der Waals surface area contributed by atoms with E-state index in [1.165, 1.54) is 14.2 Å². The number of hydrogen-bond acceptors (Lipinski definition) is 18. The molecule has 26 nitrogen and oxygen atoms in total. The quantitative estimate of drug-likeness (QED) is 0.0184. The second-order valence-corrected chi connectivity index (χ2v) is 30.8. The van der Waals surface area contributed by atoms with Gasteiger partial charge in [-0.2, -0.15) is 0 Å². The fourth-order valence-corrected chi connectivity index (χ4v) is 10.2. The zero-order chi connectivity index (χ0) is 78.6. The van der Waals surface area contributed by atoms with Crippen LogP contribution in [-0.4, -0.2) is 191 Å². The Kier molecular flexibility index (Phi) is 49.5. The molecule has 0 amide bonds. The molecule has 0 radical (unpaired) electrons. The number of carboxylic acid groups (broad SMARTS) is 6. The van der Waals surface area contributed by atoms with Crippen LogP contribution in [0.15, 0.2) is 121 Å². The summed E-state index contributed by atoms with van der Waals surface area (Å²) in [5, 5.41) is 67.6. The van der Waals surface area contributed by atoms with Crippen molar-refractivity contribution in [2.75, 3.05) is 53.6 Å². The van der Waals surface area contributed by atoms with E-state index in [0.29, 0.717) is 39.0 Å².